The molecule has 0 atom stereocenters. The zero-order valence-electron chi connectivity index (χ0n) is 4.07. The molecular formula is H7B3N4. The van der Waals surface area contributed by atoms with Gasteiger partial charge in [0.15, 0.2) is 0 Å². The van der Waals surface area contributed by atoms with Crippen LogP contribution < -0.4 is 21.1 Å². The summed E-state index contributed by atoms with van der Waals surface area (Å²) < 4.78 is 0. The Morgan fingerprint density at radius 1 is 1.29 bits per heavy atom. The number of hydrogen-bond acceptors (Lipinski definition) is 4. The van der Waals surface area contributed by atoms with Crippen LogP contribution in [0.4, 0.5) is 0 Å². The third-order valence-corrected chi connectivity index (χ3v) is 0.894. The smallest absolute Gasteiger partial charge is 0.371 e. The van der Waals surface area contributed by atoms with E-state index < -0.39 is 0 Å². The molecular weight excluding hydrogens is 88.5 g/mol. The highest BCUT2D eigenvalue weighted by atomic mass is 15.1. The lowest BCUT2D eigenvalue weighted by molar-refractivity contribution is 1.21. The lowest BCUT2D eigenvalue weighted by Gasteiger charge is -2.15. The Balaban J connectivity index is 2.12. The first-order valence-corrected chi connectivity index (χ1v) is 2.32. The van der Waals surface area contributed by atoms with Gasteiger partial charge in [-0.25, -0.2) is 0 Å². The summed E-state index contributed by atoms with van der Waals surface area (Å²) in [7, 11) is 1.57. The van der Waals surface area contributed by atoms with Gasteiger partial charge in [0, 0.05) is 0 Å². The van der Waals surface area contributed by atoms with Crippen LogP contribution in [0.1, 0.15) is 0 Å². The van der Waals surface area contributed by atoms with Crippen LogP contribution in [0.15, 0.2) is 0 Å². The van der Waals surface area contributed by atoms with Crippen LogP contribution in [0.5, 0.6) is 0 Å². The first-order chi connectivity index (χ1) is 3.39. The van der Waals surface area contributed by atoms with Crippen molar-refractivity contribution >= 4 is 22.2 Å². The van der Waals surface area contributed by atoms with Gasteiger partial charge in [-0.3, -0.25) is 0 Å². The molecule has 7 heavy (non-hydrogen) atoms. The first kappa shape index (κ1) is 5.18. The minimum Gasteiger partial charge on any atom is -0.377 e. The highest BCUT2D eigenvalue weighted by Gasteiger charge is 2.11. The predicted molar refractivity (Wildman–Crippen MR) is 33.6 cm³/mol. The quantitative estimate of drug-likeness (QED) is 0.234. The Labute approximate surface area is 44.3 Å². The number of nitrogens with one attached hydrogen (secondary N) is 3. The molecule has 0 amide bonds. The molecule has 0 bridgehead atoms. The zero-order valence-corrected chi connectivity index (χ0v) is 4.07. The van der Waals surface area contributed by atoms with Gasteiger partial charge in [-0.1, -0.05) is 0 Å². The summed E-state index contributed by atoms with van der Waals surface area (Å²) in [6.45, 7) is 0. The molecule has 1 aliphatic heterocycles. The van der Waals surface area contributed by atoms with Crippen LogP contribution >= 0.6 is 0 Å². The molecule has 36 valence electrons. The maximum Gasteiger partial charge on any atom is 0.371 e. The van der Waals surface area contributed by atoms with Crippen molar-refractivity contribution in [3.05, 3.63) is 0 Å². The van der Waals surface area contributed by atoms with E-state index in [0.29, 0.717) is 0 Å². The van der Waals surface area contributed by atoms with Gasteiger partial charge in [-0.15, -0.1) is 0 Å². The highest BCUT2D eigenvalue weighted by Crippen LogP contribution is 1.55. The summed E-state index contributed by atoms with van der Waals surface area (Å²) in [6.07, 6.45) is 0. The predicted octanol–water partition coefficient (Wildman–Crippen LogP) is -3.75. The number of hydrogen-bond donors (Lipinski definition) is 4. The van der Waals surface area contributed by atoms with Crippen LogP contribution in [-0.4, -0.2) is 22.2 Å². The van der Waals surface area contributed by atoms with E-state index in [9.17, 15) is 0 Å². The van der Waals surface area contributed by atoms with Crippen molar-refractivity contribution in [1.82, 2.24) is 15.4 Å². The molecule has 0 unspecified atom stereocenters. The van der Waals surface area contributed by atoms with Gasteiger partial charge in [0.1, 0.15) is 0 Å². The second-order valence-corrected chi connectivity index (χ2v) is 1.49. The lowest BCUT2D eigenvalue weighted by atomic mass is 9.77. The second kappa shape index (κ2) is 2.37. The third kappa shape index (κ3) is 1.52. The first-order valence-electron chi connectivity index (χ1n) is 2.32. The molecule has 1 saturated heterocycles. The molecule has 0 saturated carbocycles. The number of rotatable bonds is 0. The van der Waals surface area contributed by atoms with E-state index >= 15 is 0 Å². The summed E-state index contributed by atoms with van der Waals surface area (Å²) >= 11 is 0. The van der Waals surface area contributed by atoms with Gasteiger partial charge in [-0.05, 0) is 0 Å². The lowest BCUT2D eigenvalue weighted by Crippen LogP contribution is -2.67. The monoisotopic (exact) mass is 96.1 g/mol. The van der Waals surface area contributed by atoms with E-state index in [1.807, 2.05) is 0 Å². The molecule has 1 fully saturated rings. The average Bonchev–Trinajstić information content (AvgIpc) is 1.69. The Hall–Kier alpha value is 0.0348. The van der Waals surface area contributed by atoms with E-state index in [1.54, 1.807) is 0 Å². The van der Waals surface area contributed by atoms with Gasteiger partial charge in [-0.2, -0.15) is 0 Å². The minimum absolute atomic E-state index is 0.0266. The molecule has 7 heteroatoms. The standard InChI is InChI=1S/B3H7N4/c4-3-6-1-5-2-7-3/h1-2,5-7H,4H2. The van der Waals surface area contributed by atoms with Crippen LogP contribution in [0.25, 0.3) is 0 Å². The Bertz CT molecular complexity index is 48.9. The Morgan fingerprint density at radius 2 is 1.86 bits per heavy atom. The summed E-state index contributed by atoms with van der Waals surface area (Å²) in [4.78, 5) is 0. The molecule has 0 aromatic carbocycles. The second-order valence-electron chi connectivity index (χ2n) is 1.49. The number of nitrogens with two attached hydrogens (primary N) is 1. The normalized spacial score (nSPS) is 20.4. The summed E-state index contributed by atoms with van der Waals surface area (Å²) in [5.41, 5.74) is 5.37. The largest absolute Gasteiger partial charge is 0.377 e. The Morgan fingerprint density at radius 3 is 2.14 bits per heavy atom. The van der Waals surface area contributed by atoms with E-state index in [4.69, 9.17) is 5.64 Å². The molecule has 0 aromatic heterocycles. The topological polar surface area (TPSA) is 62.1 Å². The van der Waals surface area contributed by atoms with Crippen LogP contribution in [0, 0.1) is 0 Å². The van der Waals surface area contributed by atoms with Gasteiger partial charge < -0.3 is 21.1 Å². The van der Waals surface area contributed by atoms with Crippen LogP contribution in [0.2, 0.25) is 0 Å². The maximum absolute atomic E-state index is 5.37. The van der Waals surface area contributed by atoms with Gasteiger partial charge in [0.05, 0.1) is 0 Å². The van der Waals surface area contributed by atoms with Gasteiger partial charge in [0.25, 0.3) is 15.1 Å². The van der Waals surface area contributed by atoms with Crippen LogP contribution in [-0.2, 0) is 0 Å². The van der Waals surface area contributed by atoms with Crippen molar-refractivity contribution in [2.45, 2.75) is 0 Å². The van der Waals surface area contributed by atoms with Crippen molar-refractivity contribution in [2.24, 2.45) is 5.64 Å². The minimum atomic E-state index is -0.0266. The van der Waals surface area contributed by atoms with Crippen LogP contribution in [0.3, 0.4) is 0 Å². The molecule has 1 rings (SSSR count). The van der Waals surface area contributed by atoms with Gasteiger partial charge in [0.2, 0.25) is 0 Å². The van der Waals surface area contributed by atoms with E-state index in [-0.39, 0.29) is 7.12 Å². The molecule has 1 heterocycles. The van der Waals surface area contributed by atoms with Crippen molar-refractivity contribution < 1.29 is 0 Å². The summed E-state index contributed by atoms with van der Waals surface area (Å²) in [5, 5.41) is 8.89. The molecule has 1 aliphatic rings. The highest BCUT2D eigenvalue weighted by molar-refractivity contribution is 6.73. The fraction of sp³-hybridized carbons (Fsp3) is 0. The van der Waals surface area contributed by atoms with Crippen molar-refractivity contribution in [2.75, 3.05) is 0 Å². The zero-order chi connectivity index (χ0) is 5.11. The third-order valence-electron chi connectivity index (χ3n) is 0.894. The molecule has 0 radical (unpaired) electrons. The van der Waals surface area contributed by atoms with Crippen molar-refractivity contribution in [3.63, 3.8) is 0 Å². The molecule has 5 N–H and O–H groups in total. The molecule has 0 spiro atoms. The van der Waals surface area contributed by atoms with Crippen molar-refractivity contribution in [1.29, 1.82) is 0 Å². The van der Waals surface area contributed by atoms with E-state index in [2.05, 4.69) is 15.4 Å². The fourth-order valence-electron chi connectivity index (χ4n) is 0.499. The van der Waals surface area contributed by atoms with E-state index in [0.717, 1.165) is 15.1 Å². The molecule has 4 nitrogen and oxygen atoms in total. The summed E-state index contributed by atoms with van der Waals surface area (Å²) in [5.74, 6) is 0. The fourth-order valence-corrected chi connectivity index (χ4v) is 0.499. The Kier molecular flexibility index (Phi) is 1.75. The van der Waals surface area contributed by atoms with E-state index in [1.165, 1.54) is 0 Å². The average molecular weight is 95.5 g/mol. The SMILES string of the molecule is NB1NBNBN1. The molecule has 0 aliphatic carbocycles. The maximum atomic E-state index is 5.37. The molecule has 0 aromatic rings. The summed E-state index contributed by atoms with van der Waals surface area (Å²) in [6, 6.07) is 0. The van der Waals surface area contributed by atoms with Crippen molar-refractivity contribution in [3.8, 4) is 0 Å². The van der Waals surface area contributed by atoms with Gasteiger partial charge >= 0.3 is 7.12 Å².